The summed E-state index contributed by atoms with van der Waals surface area (Å²) >= 11 is 0. The van der Waals surface area contributed by atoms with Crippen LogP contribution >= 0.6 is 0 Å². The molecule has 6 heteroatoms. The zero-order valence-electron chi connectivity index (χ0n) is 21.2. The van der Waals surface area contributed by atoms with Crippen molar-refractivity contribution in [2.24, 2.45) is 0 Å². The number of nitrogens with zero attached hydrogens (tertiary/aromatic N) is 2. The van der Waals surface area contributed by atoms with E-state index in [9.17, 15) is 9.90 Å². The van der Waals surface area contributed by atoms with Crippen molar-refractivity contribution >= 4 is 39.4 Å². The van der Waals surface area contributed by atoms with Crippen LogP contribution in [0.5, 0.6) is 5.75 Å². The predicted octanol–water partition coefficient (Wildman–Crippen LogP) is 7.27. The van der Waals surface area contributed by atoms with Crippen LogP contribution in [0.25, 0.3) is 33.4 Å². The van der Waals surface area contributed by atoms with Crippen molar-refractivity contribution in [3.05, 3.63) is 132 Å². The summed E-state index contributed by atoms with van der Waals surface area (Å²) in [6, 6.07) is 30.2. The van der Waals surface area contributed by atoms with Crippen molar-refractivity contribution in [2.45, 2.75) is 12.8 Å². The smallest absolute Gasteiger partial charge is 0.352 e. The summed E-state index contributed by atoms with van der Waals surface area (Å²) in [5, 5.41) is 13.2. The Morgan fingerprint density at radius 1 is 0.923 bits per heavy atom. The van der Waals surface area contributed by atoms with Crippen molar-refractivity contribution in [1.29, 1.82) is 0 Å². The lowest BCUT2D eigenvalue weighted by molar-refractivity contribution is 0.0690. The number of rotatable bonds is 9. The third-order valence-corrected chi connectivity index (χ3v) is 6.91. The lowest BCUT2D eigenvalue weighted by atomic mass is 9.95. The first-order chi connectivity index (χ1) is 19.2. The van der Waals surface area contributed by atoms with Crippen LogP contribution in [-0.4, -0.2) is 32.2 Å². The summed E-state index contributed by atoms with van der Waals surface area (Å²) in [6.07, 6.45) is 8.61. The van der Waals surface area contributed by atoms with Gasteiger partial charge in [0.2, 0.25) is 0 Å². The summed E-state index contributed by atoms with van der Waals surface area (Å²) in [5.74, 6) is -0.133. The van der Waals surface area contributed by atoms with Gasteiger partial charge in [-0.25, -0.2) is 9.78 Å². The van der Waals surface area contributed by atoms with Crippen molar-refractivity contribution in [3.8, 4) is 5.75 Å². The van der Waals surface area contributed by atoms with Gasteiger partial charge >= 0.3 is 5.97 Å². The number of carboxylic acids is 1. The first kappa shape index (κ1) is 24.2. The zero-order valence-corrected chi connectivity index (χ0v) is 21.2. The van der Waals surface area contributed by atoms with Gasteiger partial charge in [0.25, 0.3) is 0 Å². The van der Waals surface area contributed by atoms with Crippen LogP contribution in [0, 0.1) is 0 Å². The number of carbonyl (C=O) groups is 1. The maximum Gasteiger partial charge on any atom is 0.352 e. The molecule has 0 fully saturated rings. The predicted molar refractivity (Wildman–Crippen MR) is 155 cm³/mol. The minimum Gasteiger partial charge on any atom is -0.493 e. The number of carboxylic acid groups (broad SMARTS) is 1. The number of aromatic nitrogens is 3. The lowest BCUT2D eigenvalue weighted by Gasteiger charge is -2.11. The highest BCUT2D eigenvalue weighted by Gasteiger charge is 2.20. The fourth-order valence-corrected chi connectivity index (χ4v) is 5.11. The molecule has 0 saturated heterocycles. The van der Waals surface area contributed by atoms with Gasteiger partial charge in [0.15, 0.2) is 0 Å². The molecule has 0 aliphatic heterocycles. The number of hydrogen-bond donors (Lipinski definition) is 2. The first-order valence-corrected chi connectivity index (χ1v) is 12.9. The number of imidazole rings is 1. The van der Waals surface area contributed by atoms with E-state index in [2.05, 4.69) is 28.2 Å². The monoisotopic (exact) mass is 513 g/mol. The second kappa shape index (κ2) is 10.7. The zero-order chi connectivity index (χ0) is 26.6. The van der Waals surface area contributed by atoms with E-state index < -0.39 is 5.97 Å². The maximum atomic E-state index is 12.3. The summed E-state index contributed by atoms with van der Waals surface area (Å²) in [4.78, 5) is 19.7. The number of ether oxygens (including phenoxy) is 1. The van der Waals surface area contributed by atoms with Gasteiger partial charge in [-0.05, 0) is 35.4 Å². The number of para-hydroxylation sites is 1. The second-order valence-electron chi connectivity index (χ2n) is 9.36. The van der Waals surface area contributed by atoms with Gasteiger partial charge in [0, 0.05) is 40.5 Å². The largest absolute Gasteiger partial charge is 0.493 e. The third kappa shape index (κ3) is 4.92. The molecule has 0 amide bonds. The van der Waals surface area contributed by atoms with E-state index in [0.717, 1.165) is 49.7 Å². The molecule has 0 unspecified atom stereocenters. The summed E-state index contributed by atoms with van der Waals surface area (Å²) < 4.78 is 8.03. The number of aryl methyl sites for hydroxylation is 1. The fraction of sp³-hybridized carbons (Fsp3) is 0.0909. The Labute approximate surface area is 225 Å². The normalized spacial score (nSPS) is 11.7. The van der Waals surface area contributed by atoms with Crippen LogP contribution in [0.4, 0.5) is 0 Å². The lowest BCUT2D eigenvalue weighted by Crippen LogP contribution is -2.04. The van der Waals surface area contributed by atoms with Crippen LogP contribution in [0.2, 0.25) is 0 Å². The Balaban J connectivity index is 1.33. The van der Waals surface area contributed by atoms with Gasteiger partial charge in [0.05, 0.1) is 18.5 Å². The number of H-pyrrole nitrogens is 1. The topological polar surface area (TPSA) is 80.1 Å². The summed E-state index contributed by atoms with van der Waals surface area (Å²) in [7, 11) is 0. The van der Waals surface area contributed by atoms with Crippen molar-refractivity contribution in [1.82, 2.24) is 14.5 Å². The second-order valence-corrected chi connectivity index (χ2v) is 9.36. The van der Waals surface area contributed by atoms with Crippen molar-refractivity contribution in [3.63, 3.8) is 0 Å². The number of aromatic amines is 1. The Bertz CT molecular complexity index is 1780. The van der Waals surface area contributed by atoms with Gasteiger partial charge in [-0.2, -0.15) is 0 Å². The molecule has 2 N–H and O–H groups in total. The molecule has 2 heterocycles. The van der Waals surface area contributed by atoms with E-state index in [1.807, 2.05) is 89.8 Å². The summed E-state index contributed by atoms with van der Waals surface area (Å²) in [5.41, 5.74) is 4.72. The summed E-state index contributed by atoms with van der Waals surface area (Å²) in [6.45, 7) is 0.481. The SMILES string of the molecule is O=C(O)c1[nH]c2c(C(=Cn3ccnc3)c3ccccc3)cccc2c1CCCOc1cccc2ccccc12. The molecule has 39 heavy (non-hydrogen) atoms. The molecule has 0 saturated carbocycles. The minimum atomic E-state index is -0.970. The molecule has 2 aromatic heterocycles. The first-order valence-electron chi connectivity index (χ1n) is 12.9. The molecule has 192 valence electrons. The molecule has 0 aliphatic carbocycles. The molecule has 6 rings (SSSR count). The van der Waals surface area contributed by atoms with E-state index in [1.54, 1.807) is 12.5 Å². The Morgan fingerprint density at radius 3 is 2.51 bits per heavy atom. The van der Waals surface area contributed by atoms with Gasteiger partial charge in [0.1, 0.15) is 11.4 Å². The van der Waals surface area contributed by atoms with E-state index in [-0.39, 0.29) is 5.69 Å². The molecule has 0 bridgehead atoms. The van der Waals surface area contributed by atoms with Gasteiger partial charge < -0.3 is 19.4 Å². The standard InChI is InChI=1S/C33H27N3O3/c37-33(38)32-27(16-8-20-39-30-17-6-12-23-11-4-5-13-25(23)30)26-14-7-15-28(31(26)35-32)29(21-36-19-18-34-22-36)24-9-2-1-3-10-24/h1-7,9-15,17-19,21-22,35H,8,16,20H2,(H,37,38). The van der Waals surface area contributed by atoms with Crippen LogP contribution in [0.15, 0.2) is 110 Å². The van der Waals surface area contributed by atoms with Crippen LogP contribution < -0.4 is 4.74 Å². The number of hydrogen-bond acceptors (Lipinski definition) is 3. The fourth-order valence-electron chi connectivity index (χ4n) is 5.11. The number of fused-ring (bicyclic) bond motifs is 2. The maximum absolute atomic E-state index is 12.3. The van der Waals surface area contributed by atoms with Gasteiger partial charge in [-0.15, -0.1) is 0 Å². The van der Waals surface area contributed by atoms with E-state index in [1.165, 1.54) is 0 Å². The molecule has 0 aliphatic rings. The molecule has 4 aromatic carbocycles. The highest BCUT2D eigenvalue weighted by Crippen LogP contribution is 2.34. The van der Waals surface area contributed by atoms with E-state index in [0.29, 0.717) is 19.4 Å². The van der Waals surface area contributed by atoms with Crippen LogP contribution in [-0.2, 0) is 6.42 Å². The molecule has 6 aromatic rings. The van der Waals surface area contributed by atoms with Gasteiger partial charge in [-0.3, -0.25) is 0 Å². The van der Waals surface area contributed by atoms with E-state index >= 15 is 0 Å². The van der Waals surface area contributed by atoms with Crippen molar-refractivity contribution < 1.29 is 14.6 Å². The molecule has 0 spiro atoms. The third-order valence-electron chi connectivity index (χ3n) is 6.91. The van der Waals surface area contributed by atoms with Crippen LogP contribution in [0.3, 0.4) is 0 Å². The number of aromatic carboxylic acids is 1. The van der Waals surface area contributed by atoms with E-state index in [4.69, 9.17) is 4.74 Å². The van der Waals surface area contributed by atoms with Gasteiger partial charge in [-0.1, -0.05) is 84.9 Å². The Kier molecular flexibility index (Phi) is 6.66. The average molecular weight is 514 g/mol. The molecule has 0 atom stereocenters. The highest BCUT2D eigenvalue weighted by atomic mass is 16.5. The minimum absolute atomic E-state index is 0.220. The number of benzene rings is 4. The van der Waals surface area contributed by atoms with Crippen molar-refractivity contribution in [2.75, 3.05) is 6.61 Å². The molecular weight excluding hydrogens is 486 g/mol. The average Bonchev–Trinajstić information content (AvgIpc) is 3.63. The Morgan fingerprint density at radius 2 is 1.69 bits per heavy atom. The highest BCUT2D eigenvalue weighted by molar-refractivity contribution is 6.04. The number of nitrogens with one attached hydrogen (secondary N) is 1. The quantitative estimate of drug-likeness (QED) is 0.199. The Hall–Kier alpha value is -5.10. The van der Waals surface area contributed by atoms with Crippen LogP contribution in [0.1, 0.15) is 33.6 Å². The molecule has 0 radical (unpaired) electrons. The molecular formula is C33H27N3O3. The molecule has 6 nitrogen and oxygen atoms in total.